The van der Waals surface area contributed by atoms with Crippen molar-refractivity contribution in [2.45, 2.75) is 38.3 Å². The Morgan fingerprint density at radius 2 is 2.12 bits per heavy atom. The molecule has 4 rings (SSSR count). The maximum absolute atomic E-state index is 12.3. The lowest BCUT2D eigenvalue weighted by Gasteiger charge is -2.15. The SMILES string of the molecule is C[C@@H](Oc1ccc2c(c1)OCO2)C(=O)NCc1cncc(C2CC2)c1. The van der Waals surface area contributed by atoms with Crippen molar-refractivity contribution in [3.8, 4) is 17.2 Å². The molecule has 0 saturated heterocycles. The summed E-state index contributed by atoms with van der Waals surface area (Å²) in [4.78, 5) is 16.5. The highest BCUT2D eigenvalue weighted by molar-refractivity contribution is 5.80. The molecule has 1 aromatic heterocycles. The number of fused-ring (bicyclic) bond motifs is 1. The molecule has 1 aromatic carbocycles. The summed E-state index contributed by atoms with van der Waals surface area (Å²) in [6.45, 7) is 2.38. The Morgan fingerprint density at radius 3 is 2.96 bits per heavy atom. The minimum atomic E-state index is -0.611. The molecule has 25 heavy (non-hydrogen) atoms. The molecule has 1 aliphatic carbocycles. The molecule has 2 aromatic rings. The standard InChI is InChI=1S/C19H20N2O4/c1-12(25-16-4-5-17-18(7-16)24-11-23-17)19(22)21-9-13-6-15(10-20-8-13)14-2-3-14/h4-8,10,12,14H,2-3,9,11H2,1H3,(H,21,22)/t12-/m1/s1. The summed E-state index contributed by atoms with van der Waals surface area (Å²) in [5.74, 6) is 2.37. The predicted octanol–water partition coefficient (Wildman–Crippen LogP) is 2.77. The maximum Gasteiger partial charge on any atom is 0.261 e. The third kappa shape index (κ3) is 3.68. The van der Waals surface area contributed by atoms with Gasteiger partial charge in [0.1, 0.15) is 5.75 Å². The zero-order valence-electron chi connectivity index (χ0n) is 14.0. The van der Waals surface area contributed by atoms with Gasteiger partial charge in [0.2, 0.25) is 6.79 Å². The number of carbonyl (C=O) groups excluding carboxylic acids is 1. The van der Waals surface area contributed by atoms with Gasteiger partial charge in [-0.1, -0.05) is 6.07 Å². The third-order valence-corrected chi connectivity index (χ3v) is 4.36. The lowest BCUT2D eigenvalue weighted by Crippen LogP contribution is -2.35. The monoisotopic (exact) mass is 340 g/mol. The summed E-state index contributed by atoms with van der Waals surface area (Å²) in [5.41, 5.74) is 2.27. The molecule has 0 radical (unpaired) electrons. The van der Waals surface area contributed by atoms with Crippen molar-refractivity contribution in [3.63, 3.8) is 0 Å². The summed E-state index contributed by atoms with van der Waals surface area (Å²) in [5, 5.41) is 2.90. The Bertz CT molecular complexity index is 789. The average Bonchev–Trinajstić information content (AvgIpc) is 3.38. The summed E-state index contributed by atoms with van der Waals surface area (Å²) in [6.07, 6.45) is 5.56. The first-order chi connectivity index (χ1) is 12.2. The summed E-state index contributed by atoms with van der Waals surface area (Å²) in [6, 6.07) is 7.39. The summed E-state index contributed by atoms with van der Waals surface area (Å²) >= 11 is 0. The van der Waals surface area contributed by atoms with E-state index in [1.54, 1.807) is 31.3 Å². The van der Waals surface area contributed by atoms with Crippen molar-refractivity contribution < 1.29 is 19.0 Å². The number of hydrogen-bond donors (Lipinski definition) is 1. The van der Waals surface area contributed by atoms with Gasteiger partial charge >= 0.3 is 0 Å². The smallest absolute Gasteiger partial charge is 0.261 e. The van der Waals surface area contributed by atoms with Gasteiger partial charge in [0.25, 0.3) is 5.91 Å². The second-order valence-electron chi connectivity index (χ2n) is 6.39. The van der Waals surface area contributed by atoms with E-state index in [4.69, 9.17) is 14.2 Å². The fourth-order valence-electron chi connectivity index (χ4n) is 2.79. The minimum Gasteiger partial charge on any atom is -0.481 e. The normalized spacial score (nSPS) is 16.4. The van der Waals surface area contributed by atoms with E-state index in [0.717, 1.165) is 5.56 Å². The van der Waals surface area contributed by atoms with Crippen LogP contribution in [-0.2, 0) is 11.3 Å². The Morgan fingerprint density at radius 1 is 1.28 bits per heavy atom. The van der Waals surface area contributed by atoms with Crippen LogP contribution >= 0.6 is 0 Å². The van der Waals surface area contributed by atoms with Crippen LogP contribution < -0.4 is 19.5 Å². The van der Waals surface area contributed by atoms with E-state index in [9.17, 15) is 4.79 Å². The molecule has 1 atom stereocenters. The van der Waals surface area contributed by atoms with Crippen molar-refractivity contribution in [2.75, 3.05) is 6.79 Å². The molecule has 2 aliphatic rings. The number of carbonyl (C=O) groups is 1. The van der Waals surface area contributed by atoms with E-state index in [1.807, 2.05) is 6.20 Å². The van der Waals surface area contributed by atoms with E-state index in [2.05, 4.69) is 16.4 Å². The number of hydrogen-bond acceptors (Lipinski definition) is 5. The molecule has 6 nitrogen and oxygen atoms in total. The fourth-order valence-corrected chi connectivity index (χ4v) is 2.79. The molecule has 1 saturated carbocycles. The highest BCUT2D eigenvalue weighted by Crippen LogP contribution is 2.39. The molecule has 0 unspecified atom stereocenters. The summed E-state index contributed by atoms with van der Waals surface area (Å²) < 4.78 is 16.3. The van der Waals surface area contributed by atoms with Crippen LogP contribution in [0.2, 0.25) is 0 Å². The predicted molar refractivity (Wildman–Crippen MR) is 90.7 cm³/mol. The Kier molecular flexibility index (Phi) is 4.17. The van der Waals surface area contributed by atoms with Gasteiger partial charge in [0.05, 0.1) is 0 Å². The quantitative estimate of drug-likeness (QED) is 0.876. The zero-order chi connectivity index (χ0) is 17.2. The van der Waals surface area contributed by atoms with Gasteiger partial charge in [-0.15, -0.1) is 0 Å². The van der Waals surface area contributed by atoms with Gasteiger partial charge in [-0.2, -0.15) is 0 Å². The number of rotatable bonds is 6. The van der Waals surface area contributed by atoms with Crippen LogP contribution in [0.25, 0.3) is 0 Å². The van der Waals surface area contributed by atoms with Crippen LogP contribution in [0.5, 0.6) is 17.2 Å². The zero-order valence-corrected chi connectivity index (χ0v) is 14.0. The average molecular weight is 340 g/mol. The molecule has 1 fully saturated rings. The van der Waals surface area contributed by atoms with Crippen LogP contribution in [0, 0.1) is 0 Å². The van der Waals surface area contributed by atoms with E-state index in [0.29, 0.717) is 29.7 Å². The van der Waals surface area contributed by atoms with E-state index >= 15 is 0 Å². The molecule has 1 aliphatic heterocycles. The number of amides is 1. The lowest BCUT2D eigenvalue weighted by molar-refractivity contribution is -0.127. The number of aromatic nitrogens is 1. The highest BCUT2D eigenvalue weighted by atomic mass is 16.7. The first-order valence-electron chi connectivity index (χ1n) is 8.47. The fraction of sp³-hybridized carbons (Fsp3) is 0.368. The van der Waals surface area contributed by atoms with E-state index < -0.39 is 6.10 Å². The Balaban J connectivity index is 1.32. The lowest BCUT2D eigenvalue weighted by atomic mass is 10.1. The first kappa shape index (κ1) is 15.7. The van der Waals surface area contributed by atoms with Crippen molar-refractivity contribution in [3.05, 3.63) is 47.8 Å². The largest absolute Gasteiger partial charge is 0.481 e. The van der Waals surface area contributed by atoms with Gasteiger partial charge in [-0.05, 0) is 48.9 Å². The van der Waals surface area contributed by atoms with Gasteiger partial charge in [-0.3, -0.25) is 9.78 Å². The number of nitrogens with zero attached hydrogens (tertiary/aromatic N) is 1. The highest BCUT2D eigenvalue weighted by Gasteiger charge is 2.24. The number of nitrogens with one attached hydrogen (secondary N) is 1. The molecule has 1 N–H and O–H groups in total. The minimum absolute atomic E-state index is 0.172. The van der Waals surface area contributed by atoms with Gasteiger partial charge in [0, 0.05) is 25.0 Å². The molecule has 6 heteroatoms. The van der Waals surface area contributed by atoms with Crippen molar-refractivity contribution >= 4 is 5.91 Å². The van der Waals surface area contributed by atoms with Gasteiger partial charge in [0.15, 0.2) is 17.6 Å². The molecule has 130 valence electrons. The van der Waals surface area contributed by atoms with Crippen molar-refractivity contribution in [1.29, 1.82) is 0 Å². The number of pyridine rings is 1. The third-order valence-electron chi connectivity index (χ3n) is 4.36. The molecule has 0 spiro atoms. The molecule has 2 heterocycles. The first-order valence-corrected chi connectivity index (χ1v) is 8.47. The van der Waals surface area contributed by atoms with Crippen LogP contribution in [-0.4, -0.2) is 23.8 Å². The second-order valence-corrected chi connectivity index (χ2v) is 6.39. The topological polar surface area (TPSA) is 69.7 Å². The van der Waals surface area contributed by atoms with Crippen LogP contribution in [0.3, 0.4) is 0 Å². The number of benzene rings is 1. The molecular weight excluding hydrogens is 320 g/mol. The van der Waals surface area contributed by atoms with Crippen molar-refractivity contribution in [1.82, 2.24) is 10.3 Å². The Labute approximate surface area is 146 Å². The van der Waals surface area contributed by atoms with Crippen molar-refractivity contribution in [2.24, 2.45) is 0 Å². The van der Waals surface area contributed by atoms with Crippen LogP contribution in [0.1, 0.15) is 36.8 Å². The van der Waals surface area contributed by atoms with E-state index in [-0.39, 0.29) is 12.7 Å². The van der Waals surface area contributed by atoms with E-state index in [1.165, 1.54) is 18.4 Å². The molecular formula is C19H20N2O4. The van der Waals surface area contributed by atoms with Gasteiger partial charge < -0.3 is 19.5 Å². The molecule has 1 amide bonds. The van der Waals surface area contributed by atoms with Crippen LogP contribution in [0.15, 0.2) is 36.7 Å². The summed E-state index contributed by atoms with van der Waals surface area (Å²) in [7, 11) is 0. The number of ether oxygens (including phenoxy) is 3. The van der Waals surface area contributed by atoms with Gasteiger partial charge in [-0.25, -0.2) is 0 Å². The van der Waals surface area contributed by atoms with Crippen LogP contribution in [0.4, 0.5) is 0 Å². The molecule has 0 bridgehead atoms. The maximum atomic E-state index is 12.3. The Hall–Kier alpha value is -2.76. The second kappa shape index (κ2) is 6.63.